The Morgan fingerprint density at radius 3 is 2.58 bits per heavy atom. The van der Waals surface area contributed by atoms with E-state index in [1.165, 1.54) is 50.3 Å². The van der Waals surface area contributed by atoms with Crippen molar-refractivity contribution in [2.24, 2.45) is 11.8 Å². The Balaban J connectivity index is 1.32. The maximum atomic E-state index is 14.6. The summed E-state index contributed by atoms with van der Waals surface area (Å²) in [6, 6.07) is 17.3. The second-order valence-electron chi connectivity index (χ2n) is 12.1. The van der Waals surface area contributed by atoms with E-state index >= 15 is 0 Å². The normalized spacial score (nSPS) is 29.7. The number of carbonyl (C=O) groups excluding carboxylic acids is 2. The highest BCUT2D eigenvalue weighted by molar-refractivity contribution is 5.92. The Kier molecular flexibility index (Phi) is 7.31. The van der Waals surface area contributed by atoms with Crippen LogP contribution < -0.4 is 5.32 Å². The van der Waals surface area contributed by atoms with Crippen LogP contribution in [-0.2, 0) is 21.4 Å². The molecule has 5 heteroatoms. The highest BCUT2D eigenvalue weighted by Crippen LogP contribution is 2.48. The summed E-state index contributed by atoms with van der Waals surface area (Å²) in [4.78, 5) is 29.6. The molecule has 0 bridgehead atoms. The van der Waals surface area contributed by atoms with E-state index in [0.717, 1.165) is 57.3 Å². The fourth-order valence-corrected chi connectivity index (χ4v) is 8.43. The van der Waals surface area contributed by atoms with Crippen LogP contribution in [-0.4, -0.2) is 49.6 Å². The summed E-state index contributed by atoms with van der Waals surface area (Å²) in [6.45, 7) is 2.37. The van der Waals surface area contributed by atoms with Crippen molar-refractivity contribution in [2.75, 3.05) is 26.7 Å². The zero-order chi connectivity index (χ0) is 26.1. The number of likely N-dealkylation sites (tertiary alicyclic amines) is 1. The van der Waals surface area contributed by atoms with Crippen LogP contribution >= 0.6 is 0 Å². The molecule has 1 amide bonds. The largest absolute Gasteiger partial charge is 0.465 e. The van der Waals surface area contributed by atoms with Gasteiger partial charge in [-0.2, -0.15) is 0 Å². The first-order chi connectivity index (χ1) is 18.6. The number of nitrogens with one attached hydrogen (secondary N) is 1. The van der Waals surface area contributed by atoms with Gasteiger partial charge in [-0.15, -0.1) is 0 Å². The van der Waals surface area contributed by atoms with E-state index < -0.39 is 0 Å². The van der Waals surface area contributed by atoms with Gasteiger partial charge in [0.25, 0.3) is 0 Å². The number of hydrogen-bond donors (Lipinski definition) is 1. The van der Waals surface area contributed by atoms with Crippen molar-refractivity contribution < 1.29 is 14.3 Å². The van der Waals surface area contributed by atoms with Gasteiger partial charge in [-0.25, -0.2) is 4.79 Å². The number of amides is 1. The molecule has 2 heterocycles. The Hall–Kier alpha value is -2.66. The minimum atomic E-state index is -0.270. The molecule has 2 saturated heterocycles. The van der Waals surface area contributed by atoms with Crippen LogP contribution in [0, 0.1) is 11.8 Å². The van der Waals surface area contributed by atoms with E-state index in [2.05, 4.69) is 46.6 Å². The zero-order valence-corrected chi connectivity index (χ0v) is 22.8. The van der Waals surface area contributed by atoms with Gasteiger partial charge in [0, 0.05) is 31.1 Å². The fraction of sp³-hybridized carbons (Fsp3) is 0.576. The second-order valence-corrected chi connectivity index (χ2v) is 12.1. The number of benzene rings is 2. The Labute approximate surface area is 227 Å². The van der Waals surface area contributed by atoms with Gasteiger partial charge in [0.05, 0.1) is 18.6 Å². The topological polar surface area (TPSA) is 58.6 Å². The Morgan fingerprint density at radius 2 is 1.79 bits per heavy atom. The predicted molar refractivity (Wildman–Crippen MR) is 149 cm³/mol. The van der Waals surface area contributed by atoms with E-state index in [0.29, 0.717) is 29.3 Å². The summed E-state index contributed by atoms with van der Waals surface area (Å²) >= 11 is 0. The highest BCUT2D eigenvalue weighted by Gasteiger charge is 2.52. The van der Waals surface area contributed by atoms with Gasteiger partial charge in [-0.3, -0.25) is 4.79 Å². The van der Waals surface area contributed by atoms with Gasteiger partial charge in [0.15, 0.2) is 0 Å². The number of piperidine rings is 1. The van der Waals surface area contributed by atoms with Gasteiger partial charge < -0.3 is 15.0 Å². The average molecular weight is 515 g/mol. The van der Waals surface area contributed by atoms with Crippen LogP contribution in [0.1, 0.15) is 90.8 Å². The molecule has 2 aromatic rings. The first-order valence-electron chi connectivity index (χ1n) is 14.9. The number of rotatable bonds is 4. The molecule has 0 radical (unpaired) electrons. The molecule has 1 N–H and O–H groups in total. The van der Waals surface area contributed by atoms with Crippen molar-refractivity contribution in [3.63, 3.8) is 0 Å². The molecule has 2 aliphatic carbocycles. The van der Waals surface area contributed by atoms with Crippen molar-refractivity contribution in [1.82, 2.24) is 10.2 Å². The number of hydrogen-bond acceptors (Lipinski definition) is 4. The molecule has 2 aromatic carbocycles. The molecule has 3 fully saturated rings. The molecule has 38 heavy (non-hydrogen) atoms. The predicted octanol–water partition coefficient (Wildman–Crippen LogP) is 5.62. The summed E-state index contributed by atoms with van der Waals surface area (Å²) in [5.41, 5.74) is 4.14. The molecule has 4 aliphatic rings. The summed E-state index contributed by atoms with van der Waals surface area (Å²) in [7, 11) is 1.45. The van der Waals surface area contributed by atoms with E-state index in [9.17, 15) is 9.59 Å². The van der Waals surface area contributed by atoms with Crippen molar-refractivity contribution in [3.8, 4) is 0 Å². The lowest BCUT2D eigenvalue weighted by Gasteiger charge is -2.48. The van der Waals surface area contributed by atoms with E-state index in [-0.39, 0.29) is 17.3 Å². The number of ether oxygens (including phenoxy) is 1. The molecule has 2 aliphatic heterocycles. The van der Waals surface area contributed by atoms with Gasteiger partial charge in [0.1, 0.15) is 0 Å². The average Bonchev–Trinajstić information content (AvgIpc) is 3.40. The Morgan fingerprint density at radius 1 is 0.974 bits per heavy atom. The lowest BCUT2D eigenvalue weighted by Crippen LogP contribution is -2.55. The lowest BCUT2D eigenvalue weighted by atomic mass is 9.63. The Bertz CT molecular complexity index is 1160. The summed E-state index contributed by atoms with van der Waals surface area (Å²) in [5.74, 6) is 1.12. The molecule has 1 spiro atoms. The molecule has 5 nitrogen and oxygen atoms in total. The molecular weight excluding hydrogens is 472 g/mol. The minimum Gasteiger partial charge on any atom is -0.465 e. The number of nitrogens with zero attached hydrogens (tertiary/aromatic N) is 1. The van der Waals surface area contributed by atoms with Crippen LogP contribution in [0.3, 0.4) is 0 Å². The van der Waals surface area contributed by atoms with Crippen LogP contribution in [0.15, 0.2) is 48.5 Å². The van der Waals surface area contributed by atoms with Crippen LogP contribution in [0.2, 0.25) is 0 Å². The lowest BCUT2D eigenvalue weighted by molar-refractivity contribution is -0.143. The van der Waals surface area contributed by atoms with Crippen molar-refractivity contribution in [2.45, 2.75) is 81.6 Å². The fourth-order valence-electron chi connectivity index (χ4n) is 8.43. The third-order valence-corrected chi connectivity index (χ3v) is 10.3. The number of fused-ring (bicyclic) bond motifs is 2. The SMILES string of the molecule is COC(=O)c1cccc2c1CCCC21CNCC1C(=O)N1CCC(c2ccccc2)CC1C1CCCCC1. The molecule has 6 rings (SSSR count). The van der Waals surface area contributed by atoms with Crippen molar-refractivity contribution >= 4 is 11.9 Å². The van der Waals surface area contributed by atoms with Crippen LogP contribution in [0.5, 0.6) is 0 Å². The summed E-state index contributed by atoms with van der Waals surface area (Å²) < 4.78 is 5.12. The first kappa shape index (κ1) is 25.6. The van der Waals surface area contributed by atoms with E-state index in [1.54, 1.807) is 0 Å². The maximum absolute atomic E-state index is 14.6. The summed E-state index contributed by atoms with van der Waals surface area (Å²) in [6.07, 6.45) is 11.4. The molecule has 1 saturated carbocycles. The molecule has 4 unspecified atom stereocenters. The van der Waals surface area contributed by atoms with Gasteiger partial charge in [0.2, 0.25) is 5.91 Å². The number of carbonyl (C=O) groups is 2. The van der Waals surface area contributed by atoms with Crippen LogP contribution in [0.4, 0.5) is 0 Å². The van der Waals surface area contributed by atoms with Gasteiger partial charge in [-0.05, 0) is 79.5 Å². The quantitative estimate of drug-likeness (QED) is 0.538. The summed E-state index contributed by atoms with van der Waals surface area (Å²) in [5, 5.41) is 3.62. The molecule has 202 valence electrons. The first-order valence-corrected chi connectivity index (χ1v) is 14.9. The molecule has 0 aromatic heterocycles. The van der Waals surface area contributed by atoms with Gasteiger partial charge in [-0.1, -0.05) is 61.7 Å². The van der Waals surface area contributed by atoms with E-state index in [4.69, 9.17) is 4.74 Å². The minimum absolute atomic E-state index is 0.0891. The molecular formula is C33H42N2O3. The standard InChI is InChI=1S/C33H42N2O3/c1-38-32(37)27-14-8-16-28-26(27)15-9-18-33(28)22-34-21-29(33)31(36)35-19-17-25(23-10-4-2-5-11-23)20-30(35)24-12-6-3-7-13-24/h2,4-5,8,10-11,14,16,24-25,29-30,34H,3,6-7,9,12-13,15,17-22H2,1H3. The van der Waals surface area contributed by atoms with Crippen molar-refractivity contribution in [1.29, 1.82) is 0 Å². The maximum Gasteiger partial charge on any atom is 0.338 e. The van der Waals surface area contributed by atoms with Crippen LogP contribution in [0.25, 0.3) is 0 Å². The van der Waals surface area contributed by atoms with Gasteiger partial charge >= 0.3 is 5.97 Å². The number of methoxy groups -OCH3 is 1. The molecule has 4 atom stereocenters. The zero-order valence-electron chi connectivity index (χ0n) is 22.8. The van der Waals surface area contributed by atoms with E-state index in [1.807, 2.05) is 12.1 Å². The monoisotopic (exact) mass is 514 g/mol. The number of esters is 1. The smallest absolute Gasteiger partial charge is 0.338 e. The third-order valence-electron chi connectivity index (χ3n) is 10.3. The van der Waals surface area contributed by atoms with Crippen molar-refractivity contribution in [3.05, 3.63) is 70.8 Å². The highest BCUT2D eigenvalue weighted by atomic mass is 16.5. The second kappa shape index (κ2) is 10.8. The third kappa shape index (κ3) is 4.47.